The molecule has 3 aromatic rings. The van der Waals surface area contributed by atoms with Gasteiger partial charge in [0.2, 0.25) is 0 Å². The number of hydrogen-bond donors (Lipinski definition) is 1. The Balaban J connectivity index is 0.000000356. The van der Waals surface area contributed by atoms with Gasteiger partial charge in [0.05, 0.1) is 10.4 Å². The van der Waals surface area contributed by atoms with Gasteiger partial charge >= 0.3 is 0 Å². The lowest BCUT2D eigenvalue weighted by molar-refractivity contribution is 0.171. The molecule has 9 heteroatoms. The predicted octanol–water partition coefficient (Wildman–Crippen LogP) is 4.83. The van der Waals surface area contributed by atoms with Gasteiger partial charge in [-0.25, -0.2) is 17.4 Å². The molecule has 1 aromatic heterocycles. The first kappa shape index (κ1) is 25.1. The molecule has 0 bridgehead atoms. The van der Waals surface area contributed by atoms with Gasteiger partial charge in [-0.3, -0.25) is 0 Å². The van der Waals surface area contributed by atoms with Crippen LogP contribution in [0.5, 0.6) is 11.5 Å². The second-order valence-electron chi connectivity index (χ2n) is 8.02. The zero-order chi connectivity index (χ0) is 24.8. The fourth-order valence-corrected chi connectivity index (χ4v) is 5.73. The first-order chi connectivity index (χ1) is 16.9. The number of ether oxygens (including phenoxy) is 2. The predicted molar refractivity (Wildman–Crippen MR) is 143 cm³/mol. The van der Waals surface area contributed by atoms with E-state index < -0.39 is 10.0 Å². The molecule has 2 aromatic carbocycles. The fourth-order valence-electron chi connectivity index (χ4n) is 3.82. The number of fused-ring (bicyclic) bond motifs is 2. The zero-order valence-electron chi connectivity index (χ0n) is 19.9. The van der Waals surface area contributed by atoms with Crippen LogP contribution in [-0.2, 0) is 10.0 Å². The number of thioether (sulfide) groups is 1. The van der Waals surface area contributed by atoms with Gasteiger partial charge in [0.1, 0.15) is 18.3 Å². The fraction of sp³-hybridized carbons (Fsp3) is 0.269. The van der Waals surface area contributed by atoms with Crippen molar-refractivity contribution in [2.24, 2.45) is 4.99 Å². The topological polar surface area (TPSA) is 81.9 Å². The van der Waals surface area contributed by atoms with Gasteiger partial charge in [0.25, 0.3) is 10.0 Å². The molecule has 0 saturated heterocycles. The lowest BCUT2D eigenvalue weighted by Crippen LogP contribution is -2.19. The Kier molecular flexibility index (Phi) is 8.00. The standard InChI is InChI=1S/C20H18N2O4S2.C6H11N/c1-3-21-20(27-2)15-4-6-17-14(12-15)8-9-22(17)28(23,24)16-5-7-18-19(13-16)26-11-10-25-18;1-6-2-4-7-5-3-6/h3-9,12-13H,1,10-11H2,2H3;2,7H,3-5H2,1H3. The van der Waals surface area contributed by atoms with Crippen molar-refractivity contribution < 1.29 is 17.9 Å². The first-order valence-corrected chi connectivity index (χ1v) is 14.0. The molecule has 0 saturated carbocycles. The average molecular weight is 512 g/mol. The minimum absolute atomic E-state index is 0.149. The number of nitrogens with zero attached hydrogens (tertiary/aromatic N) is 2. The smallest absolute Gasteiger partial charge is 0.268 e. The van der Waals surface area contributed by atoms with E-state index in [2.05, 4.69) is 29.9 Å². The minimum Gasteiger partial charge on any atom is -0.486 e. The van der Waals surface area contributed by atoms with Crippen molar-refractivity contribution in [3.63, 3.8) is 0 Å². The molecule has 184 valence electrons. The van der Waals surface area contributed by atoms with Crippen molar-refractivity contribution in [3.05, 3.63) is 78.7 Å². The molecular formula is C26H29N3O4S2. The van der Waals surface area contributed by atoms with E-state index in [1.807, 2.05) is 18.4 Å². The summed E-state index contributed by atoms with van der Waals surface area (Å²) in [6.07, 6.45) is 8.46. The van der Waals surface area contributed by atoms with Crippen LogP contribution in [0.15, 0.2) is 83.0 Å². The Morgan fingerprint density at radius 1 is 1.14 bits per heavy atom. The van der Waals surface area contributed by atoms with Gasteiger partial charge in [-0.05, 0) is 56.5 Å². The van der Waals surface area contributed by atoms with Crippen LogP contribution in [-0.4, -0.2) is 50.0 Å². The number of nitrogens with one attached hydrogen (secondary N) is 1. The summed E-state index contributed by atoms with van der Waals surface area (Å²) in [5.74, 6) is 0.995. The van der Waals surface area contributed by atoms with Crippen LogP contribution in [0, 0.1) is 0 Å². The maximum atomic E-state index is 13.2. The Morgan fingerprint density at radius 2 is 1.94 bits per heavy atom. The largest absolute Gasteiger partial charge is 0.486 e. The molecule has 35 heavy (non-hydrogen) atoms. The van der Waals surface area contributed by atoms with Crippen molar-refractivity contribution in [3.8, 4) is 11.5 Å². The molecule has 0 fully saturated rings. The third kappa shape index (κ3) is 5.63. The van der Waals surface area contributed by atoms with E-state index in [4.69, 9.17) is 9.47 Å². The van der Waals surface area contributed by atoms with E-state index in [0.717, 1.165) is 22.5 Å². The van der Waals surface area contributed by atoms with E-state index in [1.54, 1.807) is 24.4 Å². The van der Waals surface area contributed by atoms with Gasteiger partial charge in [-0.2, -0.15) is 0 Å². The summed E-state index contributed by atoms with van der Waals surface area (Å²) in [6.45, 7) is 8.91. The van der Waals surface area contributed by atoms with Crippen LogP contribution < -0.4 is 14.8 Å². The normalized spacial score (nSPS) is 15.7. The minimum atomic E-state index is -3.78. The lowest BCUT2D eigenvalue weighted by atomic mass is 10.1. The first-order valence-electron chi connectivity index (χ1n) is 11.3. The van der Waals surface area contributed by atoms with Crippen molar-refractivity contribution in [2.75, 3.05) is 32.6 Å². The zero-order valence-corrected chi connectivity index (χ0v) is 21.5. The molecule has 0 radical (unpaired) electrons. The SMILES string of the molecule is C=CN=C(SC)c1ccc2c(ccn2S(=O)(=O)c2ccc3c(c2)OCCO3)c1.CC1=CCNCC1. The average Bonchev–Trinajstić information content (AvgIpc) is 3.32. The van der Waals surface area contributed by atoms with E-state index in [0.29, 0.717) is 30.2 Å². The van der Waals surface area contributed by atoms with Crippen molar-refractivity contribution in [2.45, 2.75) is 18.2 Å². The molecular weight excluding hydrogens is 482 g/mol. The number of aromatic nitrogens is 1. The van der Waals surface area contributed by atoms with Crippen LogP contribution in [0.2, 0.25) is 0 Å². The Labute approximate surface area is 210 Å². The number of aliphatic imine (C=N–C) groups is 1. The monoisotopic (exact) mass is 511 g/mol. The van der Waals surface area contributed by atoms with E-state index in [9.17, 15) is 8.42 Å². The van der Waals surface area contributed by atoms with Gasteiger partial charge in [-0.15, -0.1) is 11.8 Å². The molecule has 2 aliphatic heterocycles. The summed E-state index contributed by atoms with van der Waals surface area (Å²) in [7, 11) is -3.78. The Bertz CT molecular complexity index is 1390. The molecule has 0 amide bonds. The van der Waals surface area contributed by atoms with Crippen LogP contribution in [0.1, 0.15) is 18.9 Å². The highest BCUT2D eigenvalue weighted by atomic mass is 32.2. The second-order valence-corrected chi connectivity index (χ2v) is 10.6. The van der Waals surface area contributed by atoms with Gasteiger partial charge in [0.15, 0.2) is 11.5 Å². The highest BCUT2D eigenvalue weighted by Crippen LogP contribution is 2.33. The summed E-state index contributed by atoms with van der Waals surface area (Å²) in [5.41, 5.74) is 3.03. The summed E-state index contributed by atoms with van der Waals surface area (Å²) in [6, 6.07) is 12.0. The van der Waals surface area contributed by atoms with Crippen molar-refractivity contribution in [1.29, 1.82) is 0 Å². The van der Waals surface area contributed by atoms with Crippen LogP contribution in [0.3, 0.4) is 0 Å². The highest BCUT2D eigenvalue weighted by Gasteiger charge is 2.22. The van der Waals surface area contributed by atoms with Crippen molar-refractivity contribution >= 4 is 37.7 Å². The molecule has 0 atom stereocenters. The molecule has 0 unspecified atom stereocenters. The lowest BCUT2D eigenvalue weighted by Gasteiger charge is -2.19. The molecule has 2 aliphatic rings. The molecule has 7 nitrogen and oxygen atoms in total. The molecule has 1 N–H and O–H groups in total. The molecule has 0 aliphatic carbocycles. The summed E-state index contributed by atoms with van der Waals surface area (Å²) < 4.78 is 38.7. The van der Waals surface area contributed by atoms with Crippen molar-refractivity contribution in [1.82, 2.24) is 9.29 Å². The van der Waals surface area contributed by atoms with Crippen LogP contribution in [0.25, 0.3) is 10.9 Å². The second kappa shape index (κ2) is 11.2. The third-order valence-electron chi connectivity index (χ3n) is 5.66. The maximum Gasteiger partial charge on any atom is 0.268 e. The number of rotatable bonds is 4. The quantitative estimate of drug-likeness (QED) is 0.307. The van der Waals surface area contributed by atoms with Crippen LogP contribution in [0.4, 0.5) is 0 Å². The summed E-state index contributed by atoms with van der Waals surface area (Å²) >= 11 is 1.51. The number of benzene rings is 2. The Morgan fingerprint density at radius 3 is 2.60 bits per heavy atom. The van der Waals surface area contributed by atoms with Gasteiger partial charge in [-0.1, -0.05) is 24.3 Å². The van der Waals surface area contributed by atoms with E-state index >= 15 is 0 Å². The maximum absolute atomic E-state index is 13.2. The van der Waals surface area contributed by atoms with Gasteiger partial charge in [0, 0.05) is 36.0 Å². The summed E-state index contributed by atoms with van der Waals surface area (Å²) in [4.78, 5) is 4.41. The third-order valence-corrected chi connectivity index (χ3v) is 8.08. The Hall–Kier alpha value is -3.01. The van der Waals surface area contributed by atoms with Crippen LogP contribution >= 0.6 is 11.8 Å². The molecule has 3 heterocycles. The summed E-state index contributed by atoms with van der Waals surface area (Å²) in [5, 5.41) is 4.87. The molecule has 0 spiro atoms. The molecule has 5 rings (SSSR count). The van der Waals surface area contributed by atoms with E-state index in [-0.39, 0.29) is 4.90 Å². The highest BCUT2D eigenvalue weighted by molar-refractivity contribution is 8.13. The number of hydrogen-bond acceptors (Lipinski definition) is 7. The van der Waals surface area contributed by atoms with E-state index in [1.165, 1.54) is 52.6 Å². The van der Waals surface area contributed by atoms with Gasteiger partial charge < -0.3 is 14.8 Å².